The Labute approximate surface area is 124 Å². The van der Waals surface area contributed by atoms with Gasteiger partial charge in [0.2, 0.25) is 0 Å². The molecular weight excluding hydrogens is 290 g/mol. The minimum absolute atomic E-state index is 0.273. The minimum Gasteiger partial charge on any atom is -0.346 e. The van der Waals surface area contributed by atoms with Crippen molar-refractivity contribution >= 4 is 32.7 Å². The molecule has 2 aromatic carbocycles. The van der Waals surface area contributed by atoms with Crippen LogP contribution >= 0.6 is 12.2 Å². The van der Waals surface area contributed by atoms with Crippen LogP contribution in [0.1, 0.15) is 11.1 Å². The minimum atomic E-state index is -3.24. The van der Waals surface area contributed by atoms with Crippen molar-refractivity contribution in [3.63, 3.8) is 0 Å². The van der Waals surface area contributed by atoms with E-state index >= 15 is 0 Å². The smallest absolute Gasteiger partial charge is 0.175 e. The third-order valence-corrected chi connectivity index (χ3v) is 4.35. The summed E-state index contributed by atoms with van der Waals surface area (Å²) in [5.74, 6) is 0. The highest BCUT2D eigenvalue weighted by atomic mass is 32.2. The van der Waals surface area contributed by atoms with Gasteiger partial charge in [0.05, 0.1) is 4.90 Å². The van der Waals surface area contributed by atoms with E-state index in [2.05, 4.69) is 5.32 Å². The molecule has 2 aromatic rings. The molecule has 3 nitrogen and oxygen atoms in total. The first-order valence-electron chi connectivity index (χ1n) is 6.05. The maximum Gasteiger partial charge on any atom is 0.175 e. The standard InChI is InChI=1S/C15H15NO2S2/c1-11-8-9-13(20(2,17)18)10-14(11)15(19)16-12-6-4-3-5-7-12/h3-10H,1-2H3,(H,16,19). The third-order valence-electron chi connectivity index (χ3n) is 2.91. The maximum atomic E-state index is 11.6. The molecule has 0 unspecified atom stereocenters. The van der Waals surface area contributed by atoms with E-state index in [0.29, 0.717) is 4.99 Å². The maximum absolute atomic E-state index is 11.6. The summed E-state index contributed by atoms with van der Waals surface area (Å²) in [6.07, 6.45) is 1.19. The highest BCUT2D eigenvalue weighted by Crippen LogP contribution is 2.18. The number of hydrogen-bond donors (Lipinski definition) is 1. The summed E-state index contributed by atoms with van der Waals surface area (Å²) in [4.78, 5) is 0.787. The first-order chi connectivity index (χ1) is 9.38. The number of nitrogens with one attached hydrogen (secondary N) is 1. The second-order valence-corrected chi connectivity index (χ2v) is 6.99. The molecule has 20 heavy (non-hydrogen) atoms. The zero-order valence-corrected chi connectivity index (χ0v) is 12.9. The monoisotopic (exact) mass is 305 g/mol. The van der Waals surface area contributed by atoms with Crippen LogP contribution in [0.5, 0.6) is 0 Å². The summed E-state index contributed by atoms with van der Waals surface area (Å²) in [7, 11) is -3.24. The van der Waals surface area contributed by atoms with E-state index in [0.717, 1.165) is 16.8 Å². The number of rotatable bonds is 3. The summed E-state index contributed by atoms with van der Waals surface area (Å²) in [6, 6.07) is 14.5. The van der Waals surface area contributed by atoms with Crippen LogP contribution in [-0.4, -0.2) is 19.7 Å². The Morgan fingerprint density at radius 3 is 2.35 bits per heavy atom. The molecule has 1 N–H and O–H groups in total. The van der Waals surface area contributed by atoms with Gasteiger partial charge >= 0.3 is 0 Å². The van der Waals surface area contributed by atoms with E-state index in [1.54, 1.807) is 18.2 Å². The van der Waals surface area contributed by atoms with Gasteiger partial charge in [0.1, 0.15) is 4.99 Å². The Morgan fingerprint density at radius 1 is 1.10 bits per heavy atom. The van der Waals surface area contributed by atoms with Crippen LogP contribution in [0.3, 0.4) is 0 Å². The molecule has 5 heteroatoms. The quantitative estimate of drug-likeness (QED) is 0.885. The molecular formula is C15H15NO2S2. The second-order valence-electron chi connectivity index (χ2n) is 4.57. The normalized spacial score (nSPS) is 11.1. The van der Waals surface area contributed by atoms with Crippen LogP contribution in [0.4, 0.5) is 5.69 Å². The fourth-order valence-corrected chi connectivity index (χ4v) is 2.78. The average Bonchev–Trinajstić information content (AvgIpc) is 2.39. The van der Waals surface area contributed by atoms with Crippen molar-refractivity contribution in [2.24, 2.45) is 0 Å². The van der Waals surface area contributed by atoms with E-state index < -0.39 is 9.84 Å². The summed E-state index contributed by atoms with van der Waals surface area (Å²) >= 11 is 5.37. The lowest BCUT2D eigenvalue weighted by molar-refractivity contribution is 0.602. The molecule has 0 aliphatic rings. The molecule has 0 radical (unpaired) electrons. The number of thiocarbonyl (C=S) groups is 1. The van der Waals surface area contributed by atoms with Crippen LogP contribution in [0.2, 0.25) is 0 Å². The summed E-state index contributed by atoms with van der Waals surface area (Å²) < 4.78 is 23.2. The second kappa shape index (κ2) is 5.73. The molecule has 0 heterocycles. The third kappa shape index (κ3) is 3.43. The predicted molar refractivity (Wildman–Crippen MR) is 86.1 cm³/mol. The predicted octanol–water partition coefficient (Wildman–Crippen LogP) is 3.19. The van der Waals surface area contributed by atoms with Crippen LogP contribution in [0.25, 0.3) is 0 Å². The molecule has 2 rings (SSSR count). The first-order valence-corrected chi connectivity index (χ1v) is 8.35. The van der Waals surface area contributed by atoms with Gasteiger partial charge in [0, 0.05) is 17.5 Å². The Hall–Kier alpha value is -1.72. The lowest BCUT2D eigenvalue weighted by atomic mass is 10.1. The molecule has 0 saturated carbocycles. The van der Waals surface area contributed by atoms with Crippen molar-refractivity contribution in [2.75, 3.05) is 11.6 Å². The zero-order chi connectivity index (χ0) is 14.8. The van der Waals surface area contributed by atoms with E-state index in [-0.39, 0.29) is 4.90 Å². The van der Waals surface area contributed by atoms with Gasteiger partial charge in [0.25, 0.3) is 0 Å². The SMILES string of the molecule is Cc1ccc(S(C)(=O)=O)cc1C(=S)Nc1ccccc1. The number of hydrogen-bond acceptors (Lipinski definition) is 3. The molecule has 104 valence electrons. The van der Waals surface area contributed by atoms with Crippen molar-refractivity contribution in [1.29, 1.82) is 0 Å². The van der Waals surface area contributed by atoms with Gasteiger partial charge in [-0.3, -0.25) is 0 Å². The zero-order valence-electron chi connectivity index (χ0n) is 11.3. The Balaban J connectivity index is 2.35. The topological polar surface area (TPSA) is 46.2 Å². The summed E-state index contributed by atoms with van der Waals surface area (Å²) in [5, 5.41) is 3.11. The van der Waals surface area contributed by atoms with Crippen LogP contribution in [-0.2, 0) is 9.84 Å². The molecule has 0 saturated heterocycles. The Kier molecular flexibility index (Phi) is 4.20. The summed E-state index contributed by atoms with van der Waals surface area (Å²) in [6.45, 7) is 1.90. The van der Waals surface area contributed by atoms with Crippen molar-refractivity contribution in [1.82, 2.24) is 0 Å². The fraction of sp³-hybridized carbons (Fsp3) is 0.133. The molecule has 0 aromatic heterocycles. The van der Waals surface area contributed by atoms with Gasteiger partial charge in [-0.25, -0.2) is 8.42 Å². The number of benzene rings is 2. The summed E-state index contributed by atoms with van der Waals surface area (Å²) in [5.41, 5.74) is 2.54. The number of sulfone groups is 1. The highest BCUT2D eigenvalue weighted by molar-refractivity contribution is 7.90. The lowest BCUT2D eigenvalue weighted by Crippen LogP contribution is -2.13. The number of anilines is 1. The molecule has 0 aliphatic carbocycles. The van der Waals surface area contributed by atoms with Gasteiger partial charge in [0.15, 0.2) is 9.84 Å². The van der Waals surface area contributed by atoms with Crippen LogP contribution in [0.15, 0.2) is 53.4 Å². The Bertz CT molecular complexity index is 738. The molecule has 0 spiro atoms. The van der Waals surface area contributed by atoms with E-state index in [9.17, 15) is 8.42 Å². The Morgan fingerprint density at radius 2 is 1.75 bits per heavy atom. The molecule has 0 fully saturated rings. The van der Waals surface area contributed by atoms with Gasteiger partial charge in [-0.15, -0.1) is 0 Å². The average molecular weight is 305 g/mol. The molecule has 0 amide bonds. The van der Waals surface area contributed by atoms with Gasteiger partial charge in [-0.1, -0.05) is 36.5 Å². The van der Waals surface area contributed by atoms with Gasteiger partial charge < -0.3 is 5.32 Å². The molecule has 0 bridgehead atoms. The molecule has 0 aliphatic heterocycles. The molecule has 0 atom stereocenters. The van der Waals surface area contributed by atoms with Crippen LogP contribution < -0.4 is 5.32 Å². The van der Waals surface area contributed by atoms with Gasteiger partial charge in [-0.2, -0.15) is 0 Å². The number of aryl methyl sites for hydroxylation is 1. The van der Waals surface area contributed by atoms with E-state index in [1.165, 1.54) is 6.26 Å². The number of para-hydroxylation sites is 1. The van der Waals surface area contributed by atoms with Crippen molar-refractivity contribution in [2.45, 2.75) is 11.8 Å². The van der Waals surface area contributed by atoms with Crippen molar-refractivity contribution < 1.29 is 8.42 Å². The largest absolute Gasteiger partial charge is 0.346 e. The van der Waals surface area contributed by atoms with E-state index in [4.69, 9.17) is 12.2 Å². The fourth-order valence-electron chi connectivity index (χ4n) is 1.80. The van der Waals surface area contributed by atoms with Gasteiger partial charge in [-0.05, 0) is 36.8 Å². The van der Waals surface area contributed by atoms with Crippen molar-refractivity contribution in [3.8, 4) is 0 Å². The first kappa shape index (κ1) is 14.7. The lowest BCUT2D eigenvalue weighted by Gasteiger charge is -2.11. The van der Waals surface area contributed by atoms with Crippen molar-refractivity contribution in [3.05, 3.63) is 59.7 Å². The van der Waals surface area contributed by atoms with E-state index in [1.807, 2.05) is 37.3 Å². The van der Waals surface area contributed by atoms with Crippen LogP contribution in [0, 0.1) is 6.92 Å². The highest BCUT2D eigenvalue weighted by Gasteiger charge is 2.12.